The van der Waals surface area contributed by atoms with E-state index in [9.17, 15) is 57.5 Å². The lowest BCUT2D eigenvalue weighted by atomic mass is 10.0. The van der Waals surface area contributed by atoms with Gasteiger partial charge in [-0.25, -0.2) is 10.4 Å². The van der Waals surface area contributed by atoms with Gasteiger partial charge in [-0.05, 0) is 127 Å². The van der Waals surface area contributed by atoms with Gasteiger partial charge < -0.3 is 78.9 Å². The molecule has 0 aliphatic carbocycles. The molecule has 3 heterocycles. The number of benzene rings is 2. The van der Waals surface area contributed by atoms with Crippen LogP contribution in [-0.4, -0.2) is 179 Å². The van der Waals surface area contributed by atoms with E-state index in [1.54, 1.807) is 36.5 Å². The van der Waals surface area contributed by atoms with Crippen molar-refractivity contribution in [1.29, 1.82) is 0 Å². The maximum absolute atomic E-state index is 15.0. The van der Waals surface area contributed by atoms with Crippen molar-refractivity contribution in [2.75, 3.05) is 39.3 Å². The van der Waals surface area contributed by atoms with Crippen LogP contribution in [0.2, 0.25) is 0 Å². The number of ether oxygens (including phenoxy) is 1. The first-order chi connectivity index (χ1) is 58.7. The first kappa shape index (κ1) is 102. The van der Waals surface area contributed by atoms with Crippen LogP contribution in [-0.2, 0) is 81.5 Å². The molecule has 1 aliphatic heterocycles. The molecule has 16 N–H and O–H groups in total. The predicted molar refractivity (Wildman–Crippen MR) is 472 cm³/mol. The van der Waals surface area contributed by atoms with Crippen molar-refractivity contribution in [1.82, 2.24) is 83.9 Å². The van der Waals surface area contributed by atoms with E-state index in [2.05, 4.69) is 117 Å². The van der Waals surface area contributed by atoms with Gasteiger partial charge in [-0.1, -0.05) is 209 Å². The maximum atomic E-state index is 15.0. The number of rotatable bonds is 68. The highest BCUT2D eigenvalue weighted by Gasteiger charge is 2.42. The SMILES string of the molecule is CCCCCCCC/C=C/CCCCCCCC(=O)NCCCNC(=O)C1NN(CC(=O)NCCCC[C@H](NC(=O)[C@@H](Cc2ccccc2)NC(=O)[C@H](Cc2cnc[nH]2)NC(=O)[C@H](C)NC(=O)[C@H](CCCC)NC(C)=O)C(=O)N[C@@H](Cc2c[nH]c3ccccc23)C(N)=O)C(C(=O)NCCCNC(=O)CCCCCCC/C=C/CCCCCCCC)O1. The van der Waals surface area contributed by atoms with Crippen LogP contribution in [0.25, 0.3) is 10.9 Å². The molecule has 1 aliphatic rings. The third kappa shape index (κ3) is 44.0. The summed E-state index contributed by atoms with van der Waals surface area (Å²) in [6.45, 7) is 9.61. The highest BCUT2D eigenvalue weighted by Crippen LogP contribution is 2.21. The number of hydrogen-bond donors (Lipinski definition) is 15. The molecule has 121 heavy (non-hydrogen) atoms. The molecular formula is C91H145N17O13. The van der Waals surface area contributed by atoms with Crippen molar-refractivity contribution in [3.05, 3.63) is 114 Å². The first-order valence-electron chi connectivity index (χ1n) is 45.2. The highest BCUT2D eigenvalue weighted by atomic mass is 16.6. The molecule has 4 aromatic rings. The van der Waals surface area contributed by atoms with E-state index in [0.717, 1.165) is 107 Å². The number of H-pyrrole nitrogens is 2. The molecule has 672 valence electrons. The molecule has 1 saturated heterocycles. The molecule has 30 heteroatoms. The number of imidazole rings is 1. The zero-order chi connectivity index (χ0) is 87.5. The highest BCUT2D eigenvalue weighted by molar-refractivity contribution is 5.97. The molecule has 2 aromatic carbocycles. The fourth-order valence-electron chi connectivity index (χ4n) is 14.3. The minimum atomic E-state index is -1.46. The Bertz CT molecular complexity index is 3740. The van der Waals surface area contributed by atoms with E-state index < -0.39 is 114 Å². The summed E-state index contributed by atoms with van der Waals surface area (Å²) in [4.78, 5) is 174. The molecule has 0 bridgehead atoms. The number of unbranched alkanes of at least 4 members (excludes halogenated alkanes) is 24. The van der Waals surface area contributed by atoms with Crippen LogP contribution < -0.4 is 69.6 Å². The van der Waals surface area contributed by atoms with Gasteiger partial charge in [0.1, 0.15) is 36.3 Å². The molecule has 0 saturated carbocycles. The number of hydrazine groups is 1. The number of nitrogens with two attached hydrogens (primary N) is 1. The Morgan fingerprint density at radius 1 is 0.455 bits per heavy atom. The van der Waals surface area contributed by atoms with Crippen LogP contribution in [0.5, 0.6) is 0 Å². The van der Waals surface area contributed by atoms with Gasteiger partial charge in [0.2, 0.25) is 71.5 Å². The molecular weight excluding hydrogens is 1540 g/mol. The Kier molecular flexibility index (Phi) is 52.4. The monoisotopic (exact) mass is 1680 g/mol. The van der Waals surface area contributed by atoms with E-state index in [-0.39, 0.29) is 70.0 Å². The average Bonchev–Trinajstić information content (AvgIpc) is 1.71. The van der Waals surface area contributed by atoms with Crippen molar-refractivity contribution in [2.45, 2.75) is 334 Å². The summed E-state index contributed by atoms with van der Waals surface area (Å²) in [7, 11) is 0. The lowest BCUT2D eigenvalue weighted by Crippen LogP contribution is -2.60. The second-order valence-corrected chi connectivity index (χ2v) is 31.9. The second-order valence-electron chi connectivity index (χ2n) is 31.9. The molecule has 2 unspecified atom stereocenters. The molecule has 8 atom stereocenters. The van der Waals surface area contributed by atoms with Crippen LogP contribution in [0.15, 0.2) is 97.6 Å². The van der Waals surface area contributed by atoms with E-state index in [1.165, 1.54) is 108 Å². The lowest BCUT2D eigenvalue weighted by molar-refractivity contribution is -0.144. The van der Waals surface area contributed by atoms with Gasteiger partial charge in [0.05, 0.1) is 12.9 Å². The van der Waals surface area contributed by atoms with Gasteiger partial charge in [-0.3, -0.25) is 57.5 Å². The third-order valence-corrected chi connectivity index (χ3v) is 21.3. The summed E-state index contributed by atoms with van der Waals surface area (Å²) in [5.74, 6) is -7.03. The minimum absolute atomic E-state index is 0.0191. The van der Waals surface area contributed by atoms with Gasteiger partial charge in [0.15, 0.2) is 0 Å². The Labute approximate surface area is 717 Å². The van der Waals surface area contributed by atoms with Gasteiger partial charge in [0.25, 0.3) is 11.8 Å². The summed E-state index contributed by atoms with van der Waals surface area (Å²) in [5.41, 5.74) is 11.4. The summed E-state index contributed by atoms with van der Waals surface area (Å²) < 4.78 is 6.00. The van der Waals surface area contributed by atoms with Gasteiger partial charge in [-0.15, -0.1) is 0 Å². The number of aromatic nitrogens is 3. The Morgan fingerprint density at radius 2 is 0.917 bits per heavy atom. The van der Waals surface area contributed by atoms with Crippen LogP contribution in [0.3, 0.4) is 0 Å². The Balaban J connectivity index is 1.21. The molecule has 30 nitrogen and oxygen atoms in total. The van der Waals surface area contributed by atoms with Crippen LogP contribution in [0, 0.1) is 0 Å². The number of allylic oxidation sites excluding steroid dienone is 4. The summed E-state index contributed by atoms with van der Waals surface area (Å²) >= 11 is 0. The van der Waals surface area contributed by atoms with E-state index in [0.29, 0.717) is 68.4 Å². The van der Waals surface area contributed by atoms with Crippen molar-refractivity contribution >= 4 is 81.8 Å². The normalized spacial score (nSPS) is 14.9. The number of nitrogens with one attached hydrogen (secondary N) is 14. The molecule has 0 spiro atoms. The van der Waals surface area contributed by atoms with Crippen LogP contribution in [0.1, 0.15) is 283 Å². The number of para-hydroxylation sites is 1. The second kappa shape index (κ2) is 62.3. The average molecular weight is 1690 g/mol. The number of carbonyl (C=O) groups is 12. The Morgan fingerprint density at radius 3 is 1.48 bits per heavy atom. The van der Waals surface area contributed by atoms with Crippen molar-refractivity contribution in [2.24, 2.45) is 5.73 Å². The van der Waals surface area contributed by atoms with Gasteiger partial charge in [-0.2, -0.15) is 5.01 Å². The molecule has 5 rings (SSSR count). The van der Waals surface area contributed by atoms with Gasteiger partial charge >= 0.3 is 0 Å². The van der Waals surface area contributed by atoms with Crippen LogP contribution >= 0.6 is 0 Å². The lowest BCUT2D eigenvalue weighted by Gasteiger charge is -2.27. The van der Waals surface area contributed by atoms with E-state index >= 15 is 0 Å². The standard InChI is InChI=1S/C91H145N17O13/c1-6-9-12-14-16-18-20-22-24-26-28-30-32-34-39-53-79(110)94-56-45-58-97-88(119)90-107-108(91(121-90)89(120)98-59-46-57-95-80(111)54-40-35-33-31-29-27-25-23-21-19-17-15-13-10-7-2)65-81(112)96-55-44-43-52-75(85(116)104-76(82(92)113)61-70-63-99-73-51-42-41-49-72(70)73)103-86(117)77(60-69-47-37-36-38-48-69)106-87(118)78(62-71-64-93-66-100-71)105-83(114)67(4)101-84(115)74(50-11-8-3)102-68(5)109/h22-25,36-38,41-42,47-49,51,63-64,66-67,74-78,90-91,99,107H,6-21,26-35,39-40,43-46,50,52-62,65H2,1-5H3,(H2,92,113)(H,93,100)(H,94,110)(H,95,111)(H,96,112)(H,97,119)(H,98,120)(H,101,115)(H,102,109)(H,103,117)(H,104,116)(H,105,114)(H,106,118)/b24-22+,25-23+/t67-,74-,75-,76-,77+,78-,90?,91?/m0/s1. The molecule has 0 radical (unpaired) electrons. The zero-order valence-electron chi connectivity index (χ0n) is 73.0. The predicted octanol–water partition coefficient (Wildman–Crippen LogP) is 9.64. The number of hydrogen-bond acceptors (Lipinski definition) is 16. The van der Waals surface area contributed by atoms with Crippen LogP contribution in [0.4, 0.5) is 0 Å². The largest absolute Gasteiger partial charge is 0.368 e. The molecule has 2 aromatic heterocycles. The first-order valence-corrected chi connectivity index (χ1v) is 45.2. The van der Waals surface area contributed by atoms with Gasteiger partial charge in [0, 0.05) is 101 Å². The van der Waals surface area contributed by atoms with E-state index in [1.807, 2.05) is 31.2 Å². The number of aromatic amines is 2. The minimum Gasteiger partial charge on any atom is -0.368 e. The number of primary amides is 1. The van der Waals surface area contributed by atoms with Crippen molar-refractivity contribution < 1.29 is 62.3 Å². The summed E-state index contributed by atoms with van der Waals surface area (Å²) in [5, 5.41) is 32.7. The topological polar surface area (TPSA) is 432 Å². The fourth-order valence-corrected chi connectivity index (χ4v) is 14.3. The Hall–Kier alpha value is -9.81. The number of nitrogens with zero attached hydrogens (tertiary/aromatic N) is 2. The van der Waals surface area contributed by atoms with E-state index in [4.69, 9.17) is 10.5 Å². The molecule has 1 fully saturated rings. The smallest absolute Gasteiger partial charge is 0.265 e. The third-order valence-electron chi connectivity index (χ3n) is 21.3. The summed E-state index contributed by atoms with van der Waals surface area (Å²) in [6.07, 6.45) is 44.5. The fraction of sp³-hybridized carbons (Fsp3) is 0.637. The van der Waals surface area contributed by atoms with Crippen molar-refractivity contribution in [3.8, 4) is 0 Å². The summed E-state index contributed by atoms with van der Waals surface area (Å²) in [6, 6.07) is 8.60. The number of amides is 12. The number of fused-ring (bicyclic) bond motifs is 1. The zero-order valence-corrected chi connectivity index (χ0v) is 73.0. The quantitative estimate of drug-likeness (QED) is 0.0144. The number of carbonyl (C=O) groups excluding carboxylic acids is 12. The molecule has 12 amide bonds. The maximum Gasteiger partial charge on any atom is 0.265 e. The van der Waals surface area contributed by atoms with Crippen molar-refractivity contribution in [3.63, 3.8) is 0 Å².